The summed E-state index contributed by atoms with van der Waals surface area (Å²) in [4.78, 5) is -0.0871. The molecule has 1 aromatic rings. The van der Waals surface area contributed by atoms with Crippen LogP contribution in [0.1, 0.15) is 13.3 Å². The molecule has 2 nitrogen and oxygen atoms in total. The molecule has 84 valence electrons. The Balaban J connectivity index is 2.95. The Morgan fingerprint density at radius 1 is 1.47 bits per heavy atom. The smallest absolute Gasteiger partial charge is 0.139 e. The van der Waals surface area contributed by atoms with Crippen molar-refractivity contribution in [1.82, 2.24) is 0 Å². The third kappa shape index (κ3) is 3.07. The highest BCUT2D eigenvalue weighted by Gasteiger charge is 2.17. The van der Waals surface area contributed by atoms with Gasteiger partial charge in [0, 0.05) is 5.25 Å². The molecule has 5 heteroatoms. The Bertz CT molecular complexity index is 370. The quantitative estimate of drug-likeness (QED) is 0.861. The molecule has 0 fully saturated rings. The first-order valence-corrected chi connectivity index (χ1v) is 5.83. The van der Waals surface area contributed by atoms with Crippen molar-refractivity contribution in [2.24, 2.45) is 5.73 Å². The molecule has 0 aromatic heterocycles. The third-order valence-corrected chi connectivity index (χ3v) is 3.76. The van der Waals surface area contributed by atoms with Crippen LogP contribution in [0.3, 0.4) is 0 Å². The van der Waals surface area contributed by atoms with Gasteiger partial charge in [0.25, 0.3) is 0 Å². The Morgan fingerprint density at radius 3 is 2.73 bits per heavy atom. The highest BCUT2D eigenvalue weighted by molar-refractivity contribution is 7.85. The second kappa shape index (κ2) is 5.32. The molecule has 1 rings (SSSR count). The first-order valence-electron chi connectivity index (χ1n) is 4.62. The lowest BCUT2D eigenvalue weighted by molar-refractivity contribution is 0.570. The highest BCUT2D eigenvalue weighted by atomic mass is 32.2. The van der Waals surface area contributed by atoms with E-state index in [2.05, 4.69) is 0 Å². The molecular formula is C10H13F2NOS. The summed E-state index contributed by atoms with van der Waals surface area (Å²) in [5.41, 5.74) is 5.31. The molecule has 2 atom stereocenters. The molecule has 0 spiro atoms. The van der Waals surface area contributed by atoms with Crippen molar-refractivity contribution in [2.45, 2.75) is 23.5 Å². The van der Waals surface area contributed by atoms with Gasteiger partial charge >= 0.3 is 0 Å². The van der Waals surface area contributed by atoms with Crippen molar-refractivity contribution in [3.05, 3.63) is 29.8 Å². The van der Waals surface area contributed by atoms with Crippen LogP contribution in [-0.2, 0) is 10.8 Å². The number of nitrogens with two attached hydrogens (primary N) is 1. The minimum Gasteiger partial charge on any atom is -0.330 e. The third-order valence-electron chi connectivity index (χ3n) is 2.05. The average molecular weight is 233 g/mol. The fourth-order valence-electron chi connectivity index (χ4n) is 1.19. The van der Waals surface area contributed by atoms with Gasteiger partial charge in [0.15, 0.2) is 0 Å². The molecule has 2 unspecified atom stereocenters. The predicted molar refractivity (Wildman–Crippen MR) is 55.9 cm³/mol. The van der Waals surface area contributed by atoms with Crippen LogP contribution in [0.5, 0.6) is 0 Å². The van der Waals surface area contributed by atoms with Gasteiger partial charge in [-0.05, 0) is 31.2 Å². The van der Waals surface area contributed by atoms with Gasteiger partial charge < -0.3 is 5.73 Å². The lowest BCUT2D eigenvalue weighted by Gasteiger charge is -2.10. The van der Waals surface area contributed by atoms with Crippen molar-refractivity contribution >= 4 is 10.8 Å². The number of benzene rings is 1. The van der Waals surface area contributed by atoms with Gasteiger partial charge in [0.05, 0.1) is 15.7 Å². The maximum Gasteiger partial charge on any atom is 0.139 e. The van der Waals surface area contributed by atoms with E-state index in [1.165, 1.54) is 0 Å². The van der Waals surface area contributed by atoms with Gasteiger partial charge in [-0.25, -0.2) is 8.78 Å². The van der Waals surface area contributed by atoms with Gasteiger partial charge in [-0.3, -0.25) is 4.21 Å². The molecule has 0 aliphatic rings. The molecular weight excluding hydrogens is 220 g/mol. The standard InChI is InChI=1S/C10H13F2NOS/c1-7(4-5-13)15(14)10-6-8(11)2-3-9(10)12/h2-3,6-7H,4-5,13H2,1H3. The summed E-state index contributed by atoms with van der Waals surface area (Å²) >= 11 is 0. The van der Waals surface area contributed by atoms with Crippen LogP contribution in [0, 0.1) is 11.6 Å². The first-order chi connectivity index (χ1) is 7.06. The zero-order chi connectivity index (χ0) is 11.4. The van der Waals surface area contributed by atoms with Crippen LogP contribution in [0.2, 0.25) is 0 Å². The molecule has 15 heavy (non-hydrogen) atoms. The molecule has 0 aliphatic heterocycles. The molecule has 0 radical (unpaired) electrons. The van der Waals surface area contributed by atoms with E-state index in [0.29, 0.717) is 13.0 Å². The van der Waals surface area contributed by atoms with Gasteiger partial charge in [-0.2, -0.15) is 0 Å². The lowest BCUT2D eigenvalue weighted by atomic mass is 10.3. The zero-order valence-corrected chi connectivity index (χ0v) is 9.19. The topological polar surface area (TPSA) is 43.1 Å². The van der Waals surface area contributed by atoms with E-state index in [1.807, 2.05) is 0 Å². The van der Waals surface area contributed by atoms with E-state index in [0.717, 1.165) is 18.2 Å². The summed E-state index contributed by atoms with van der Waals surface area (Å²) in [6, 6.07) is 2.96. The van der Waals surface area contributed by atoms with E-state index in [-0.39, 0.29) is 10.1 Å². The monoisotopic (exact) mass is 233 g/mol. The summed E-state index contributed by atoms with van der Waals surface area (Å²) in [5.74, 6) is -1.22. The molecule has 0 bridgehead atoms. The highest BCUT2D eigenvalue weighted by Crippen LogP contribution is 2.18. The normalized spacial score (nSPS) is 14.9. The van der Waals surface area contributed by atoms with Gasteiger partial charge in [-0.1, -0.05) is 6.92 Å². The Hall–Kier alpha value is -0.810. The van der Waals surface area contributed by atoms with Gasteiger partial charge in [0.1, 0.15) is 11.6 Å². The molecule has 0 heterocycles. The van der Waals surface area contributed by atoms with E-state index in [1.54, 1.807) is 6.92 Å². The SMILES string of the molecule is CC(CCN)S(=O)c1cc(F)ccc1F. The summed E-state index contributed by atoms with van der Waals surface area (Å²) in [6.45, 7) is 2.08. The van der Waals surface area contributed by atoms with Gasteiger partial charge in [0.2, 0.25) is 0 Å². The van der Waals surface area contributed by atoms with Gasteiger partial charge in [-0.15, -0.1) is 0 Å². The second-order valence-electron chi connectivity index (χ2n) is 3.26. The van der Waals surface area contributed by atoms with Crippen LogP contribution in [0.4, 0.5) is 8.78 Å². The van der Waals surface area contributed by atoms with Crippen molar-refractivity contribution in [1.29, 1.82) is 0 Å². The minimum absolute atomic E-state index is 0.0871. The summed E-state index contributed by atoms with van der Waals surface area (Å²) in [5, 5.41) is -0.272. The van der Waals surface area contributed by atoms with Crippen LogP contribution in [0.15, 0.2) is 23.1 Å². The Morgan fingerprint density at radius 2 is 2.13 bits per heavy atom. The molecule has 0 amide bonds. The van der Waals surface area contributed by atoms with E-state index >= 15 is 0 Å². The number of halogens is 2. The maximum atomic E-state index is 13.2. The van der Waals surface area contributed by atoms with E-state index < -0.39 is 22.4 Å². The summed E-state index contributed by atoms with van der Waals surface area (Å²) < 4.78 is 37.8. The van der Waals surface area contributed by atoms with Crippen LogP contribution in [0.25, 0.3) is 0 Å². The molecule has 0 aliphatic carbocycles. The lowest BCUT2D eigenvalue weighted by Crippen LogP contribution is -2.17. The van der Waals surface area contributed by atoms with Crippen molar-refractivity contribution in [3.8, 4) is 0 Å². The Kier molecular flexibility index (Phi) is 4.35. The fraction of sp³-hybridized carbons (Fsp3) is 0.400. The second-order valence-corrected chi connectivity index (χ2v) is 5.10. The Labute approximate surface area is 89.9 Å². The zero-order valence-electron chi connectivity index (χ0n) is 8.37. The van der Waals surface area contributed by atoms with E-state index in [4.69, 9.17) is 5.73 Å². The maximum absolute atomic E-state index is 13.2. The average Bonchev–Trinajstić information content (AvgIpc) is 2.21. The van der Waals surface area contributed by atoms with Crippen LogP contribution < -0.4 is 5.73 Å². The molecule has 1 aromatic carbocycles. The van der Waals surface area contributed by atoms with Crippen molar-refractivity contribution < 1.29 is 13.0 Å². The first kappa shape index (κ1) is 12.3. The van der Waals surface area contributed by atoms with Crippen LogP contribution >= 0.6 is 0 Å². The number of rotatable bonds is 4. The minimum atomic E-state index is -1.54. The number of hydrogen-bond donors (Lipinski definition) is 1. The molecule has 2 N–H and O–H groups in total. The largest absolute Gasteiger partial charge is 0.330 e. The molecule has 0 saturated carbocycles. The fourth-order valence-corrected chi connectivity index (χ4v) is 2.46. The van der Waals surface area contributed by atoms with Crippen LogP contribution in [-0.4, -0.2) is 16.0 Å². The summed E-state index contributed by atoms with van der Waals surface area (Å²) in [6.07, 6.45) is 0.516. The predicted octanol–water partition coefficient (Wildman–Crippen LogP) is 1.81. The summed E-state index contributed by atoms with van der Waals surface area (Å²) in [7, 11) is -1.54. The molecule has 0 saturated heterocycles. The van der Waals surface area contributed by atoms with Crippen molar-refractivity contribution in [2.75, 3.05) is 6.54 Å². The van der Waals surface area contributed by atoms with E-state index in [9.17, 15) is 13.0 Å². The number of hydrogen-bond acceptors (Lipinski definition) is 2. The van der Waals surface area contributed by atoms with Crippen molar-refractivity contribution in [3.63, 3.8) is 0 Å².